The van der Waals surface area contributed by atoms with Gasteiger partial charge in [0.1, 0.15) is 5.52 Å². The van der Waals surface area contributed by atoms with Gasteiger partial charge in [0.15, 0.2) is 5.58 Å². The van der Waals surface area contributed by atoms with Crippen LogP contribution in [-0.4, -0.2) is 29.3 Å². The Balaban J connectivity index is 2.00. The molecule has 2 aromatic rings. The van der Waals surface area contributed by atoms with Crippen LogP contribution in [0.5, 0.6) is 0 Å². The average molecular weight is 300 g/mol. The number of oxazole rings is 1. The van der Waals surface area contributed by atoms with Crippen LogP contribution in [0.4, 0.5) is 10.8 Å². The number of hydrogen-bond donors (Lipinski definition) is 3. The van der Waals surface area contributed by atoms with Gasteiger partial charge in [0.05, 0.1) is 0 Å². The quantitative estimate of drug-likeness (QED) is 0.754. The van der Waals surface area contributed by atoms with Crippen LogP contribution in [0, 0.1) is 0 Å². The predicted octanol–water partition coefficient (Wildman–Crippen LogP) is 2.27. The minimum atomic E-state index is -1.05. The summed E-state index contributed by atoms with van der Waals surface area (Å²) in [7, 11) is 0. The number of anilines is 1. The molecule has 0 aliphatic heterocycles. The van der Waals surface area contributed by atoms with E-state index in [0.717, 1.165) is 9.99 Å². The van der Waals surface area contributed by atoms with E-state index in [0.29, 0.717) is 18.1 Å². The minimum Gasteiger partial charge on any atom is -0.465 e. The van der Waals surface area contributed by atoms with Crippen molar-refractivity contribution in [1.29, 1.82) is 0 Å². The Morgan fingerprint density at radius 1 is 1.47 bits per heavy atom. The van der Waals surface area contributed by atoms with Gasteiger partial charge in [0, 0.05) is 17.6 Å². The van der Waals surface area contributed by atoms with Gasteiger partial charge in [-0.05, 0) is 28.1 Å². The molecule has 3 N–H and O–H groups in total. The topological polar surface area (TPSA) is 87.4 Å². The van der Waals surface area contributed by atoms with Crippen molar-refractivity contribution in [1.82, 2.24) is 10.3 Å². The van der Waals surface area contributed by atoms with E-state index in [2.05, 4.69) is 31.5 Å². The molecule has 7 heteroatoms. The van der Waals surface area contributed by atoms with Crippen LogP contribution < -0.4 is 10.6 Å². The fraction of sp³-hybridized carbons (Fsp3) is 0.200. The van der Waals surface area contributed by atoms with Gasteiger partial charge in [-0.15, -0.1) is 0 Å². The lowest BCUT2D eigenvalue weighted by molar-refractivity contribution is 0.195. The van der Waals surface area contributed by atoms with Gasteiger partial charge in [-0.1, -0.05) is 6.07 Å². The molecule has 0 aliphatic carbocycles. The van der Waals surface area contributed by atoms with Crippen LogP contribution in [0.15, 0.2) is 27.1 Å². The van der Waals surface area contributed by atoms with Crippen molar-refractivity contribution in [2.45, 2.75) is 0 Å². The van der Waals surface area contributed by atoms with Crippen molar-refractivity contribution in [3.05, 3.63) is 22.7 Å². The number of aromatic nitrogens is 1. The maximum atomic E-state index is 10.2. The van der Waals surface area contributed by atoms with Gasteiger partial charge in [-0.25, -0.2) is 4.79 Å². The molecule has 0 saturated carbocycles. The van der Waals surface area contributed by atoms with Crippen LogP contribution in [0.3, 0.4) is 0 Å². The van der Waals surface area contributed by atoms with E-state index in [-0.39, 0.29) is 6.54 Å². The van der Waals surface area contributed by atoms with E-state index in [1.54, 1.807) is 0 Å². The summed E-state index contributed by atoms with van der Waals surface area (Å²) in [5.41, 5.74) is 1.41. The van der Waals surface area contributed by atoms with Crippen molar-refractivity contribution >= 4 is 39.1 Å². The molecule has 1 aromatic carbocycles. The fourth-order valence-electron chi connectivity index (χ4n) is 1.33. The molecular formula is C10H10BrN3O3. The molecule has 0 atom stereocenters. The Labute approximate surface area is 105 Å². The van der Waals surface area contributed by atoms with Gasteiger partial charge in [0.2, 0.25) is 0 Å². The van der Waals surface area contributed by atoms with Crippen LogP contribution in [-0.2, 0) is 0 Å². The van der Waals surface area contributed by atoms with E-state index in [1.807, 2.05) is 18.2 Å². The number of carbonyl (C=O) groups is 1. The molecule has 0 spiro atoms. The van der Waals surface area contributed by atoms with Crippen molar-refractivity contribution in [3.8, 4) is 0 Å². The number of hydrogen-bond acceptors (Lipinski definition) is 4. The first-order valence-corrected chi connectivity index (χ1v) is 5.72. The van der Waals surface area contributed by atoms with Gasteiger partial charge in [0.25, 0.3) is 6.01 Å². The lowest BCUT2D eigenvalue weighted by Gasteiger charge is -2.00. The number of halogens is 1. The normalized spacial score (nSPS) is 10.4. The Morgan fingerprint density at radius 2 is 2.29 bits per heavy atom. The molecule has 6 nitrogen and oxygen atoms in total. The zero-order valence-electron chi connectivity index (χ0n) is 8.74. The number of nitrogens with one attached hydrogen (secondary N) is 2. The molecule has 17 heavy (non-hydrogen) atoms. The monoisotopic (exact) mass is 299 g/mol. The molecule has 1 heterocycles. The lowest BCUT2D eigenvalue weighted by atomic mass is 10.3. The smallest absolute Gasteiger partial charge is 0.404 e. The lowest BCUT2D eigenvalue weighted by Crippen LogP contribution is -2.26. The fourth-order valence-corrected chi connectivity index (χ4v) is 1.77. The van der Waals surface area contributed by atoms with E-state index in [1.165, 1.54) is 0 Å². The van der Waals surface area contributed by atoms with Crippen molar-refractivity contribution in [2.75, 3.05) is 18.4 Å². The second-order valence-electron chi connectivity index (χ2n) is 3.26. The first kappa shape index (κ1) is 11.7. The third-order valence-corrected chi connectivity index (χ3v) is 2.69. The number of amides is 1. The highest BCUT2D eigenvalue weighted by Crippen LogP contribution is 2.25. The molecule has 0 saturated heterocycles. The zero-order valence-corrected chi connectivity index (χ0v) is 10.3. The molecule has 90 valence electrons. The summed E-state index contributed by atoms with van der Waals surface area (Å²) >= 11 is 3.37. The summed E-state index contributed by atoms with van der Waals surface area (Å²) in [4.78, 5) is 14.4. The van der Waals surface area contributed by atoms with Crippen molar-refractivity contribution < 1.29 is 14.3 Å². The molecule has 1 aromatic heterocycles. The maximum Gasteiger partial charge on any atom is 0.404 e. The van der Waals surface area contributed by atoms with E-state index in [4.69, 9.17) is 9.52 Å². The first-order chi connectivity index (χ1) is 8.16. The van der Waals surface area contributed by atoms with Crippen LogP contribution in [0.25, 0.3) is 11.1 Å². The summed E-state index contributed by atoms with van der Waals surface area (Å²) in [6, 6.07) is 5.92. The summed E-state index contributed by atoms with van der Waals surface area (Å²) < 4.78 is 6.29. The zero-order chi connectivity index (χ0) is 12.3. The Bertz CT molecular complexity index is 541. The summed E-state index contributed by atoms with van der Waals surface area (Å²) in [5.74, 6) is 0. The Morgan fingerprint density at radius 3 is 3.00 bits per heavy atom. The molecular weight excluding hydrogens is 290 g/mol. The number of fused-ring (bicyclic) bond motifs is 1. The van der Waals surface area contributed by atoms with Crippen LogP contribution in [0.2, 0.25) is 0 Å². The van der Waals surface area contributed by atoms with Gasteiger partial charge in [-0.3, -0.25) is 0 Å². The van der Waals surface area contributed by atoms with Crippen molar-refractivity contribution in [3.63, 3.8) is 0 Å². The highest BCUT2D eigenvalue weighted by molar-refractivity contribution is 9.10. The van der Waals surface area contributed by atoms with E-state index < -0.39 is 6.09 Å². The van der Waals surface area contributed by atoms with Crippen molar-refractivity contribution in [2.24, 2.45) is 0 Å². The predicted molar refractivity (Wildman–Crippen MR) is 66.2 cm³/mol. The number of carboxylic acid groups (broad SMARTS) is 1. The van der Waals surface area contributed by atoms with Crippen LogP contribution >= 0.6 is 15.9 Å². The number of rotatable bonds is 4. The SMILES string of the molecule is O=C(O)NCCNc1nc2c(Br)cccc2o1. The molecule has 1 amide bonds. The standard InChI is InChI=1S/C10H10BrN3O3/c11-6-2-1-3-7-8(6)14-9(17-7)12-4-5-13-10(15)16/h1-3,13H,4-5H2,(H,12,14)(H,15,16). The first-order valence-electron chi connectivity index (χ1n) is 4.92. The summed E-state index contributed by atoms with van der Waals surface area (Å²) in [5, 5.41) is 13.5. The molecule has 0 unspecified atom stereocenters. The largest absolute Gasteiger partial charge is 0.465 e. The second-order valence-corrected chi connectivity index (χ2v) is 4.12. The number of benzene rings is 1. The number of nitrogens with zero attached hydrogens (tertiary/aromatic N) is 1. The van der Waals surface area contributed by atoms with Gasteiger partial charge < -0.3 is 20.2 Å². The highest BCUT2D eigenvalue weighted by Gasteiger charge is 2.07. The Hall–Kier alpha value is -1.76. The Kier molecular flexibility index (Phi) is 3.48. The average Bonchev–Trinajstić information content (AvgIpc) is 2.69. The van der Waals surface area contributed by atoms with E-state index in [9.17, 15) is 4.79 Å². The summed E-state index contributed by atoms with van der Waals surface area (Å²) in [6.45, 7) is 0.700. The third kappa shape index (κ3) is 2.88. The molecule has 0 fully saturated rings. The van der Waals surface area contributed by atoms with Gasteiger partial charge >= 0.3 is 6.09 Å². The third-order valence-electron chi connectivity index (χ3n) is 2.05. The van der Waals surface area contributed by atoms with E-state index >= 15 is 0 Å². The van der Waals surface area contributed by atoms with Crippen LogP contribution in [0.1, 0.15) is 0 Å². The van der Waals surface area contributed by atoms with Gasteiger partial charge in [-0.2, -0.15) is 4.98 Å². The summed E-state index contributed by atoms with van der Waals surface area (Å²) in [6.07, 6.45) is -1.05. The number of para-hydroxylation sites is 1. The molecule has 0 radical (unpaired) electrons. The molecule has 2 rings (SSSR count). The molecule has 0 aliphatic rings. The molecule has 0 bridgehead atoms. The second kappa shape index (κ2) is 5.05. The maximum absolute atomic E-state index is 10.2. The highest BCUT2D eigenvalue weighted by atomic mass is 79.9. The minimum absolute atomic E-state index is 0.287.